The number of ether oxygens (including phenoxy) is 1. The highest BCUT2D eigenvalue weighted by molar-refractivity contribution is 5.29. The van der Waals surface area contributed by atoms with Crippen molar-refractivity contribution >= 4 is 0 Å². The van der Waals surface area contributed by atoms with Crippen molar-refractivity contribution in [3.05, 3.63) is 24.0 Å². The third kappa shape index (κ3) is 3.03. The van der Waals surface area contributed by atoms with Crippen LogP contribution in [-0.2, 0) is 6.42 Å². The lowest BCUT2D eigenvalue weighted by Crippen LogP contribution is -1.94. The van der Waals surface area contributed by atoms with Crippen molar-refractivity contribution in [2.24, 2.45) is 0 Å². The summed E-state index contributed by atoms with van der Waals surface area (Å²) >= 11 is 0. The molecular weight excluding hydrogens is 166 g/mol. The number of aromatic nitrogens is 1. The van der Waals surface area contributed by atoms with Crippen LogP contribution in [0.3, 0.4) is 0 Å². The average Bonchev–Trinajstić information content (AvgIpc) is 2.19. The zero-order chi connectivity index (χ0) is 9.52. The van der Waals surface area contributed by atoms with Crippen LogP contribution in [0.1, 0.15) is 18.4 Å². The third-order valence-electron chi connectivity index (χ3n) is 1.94. The molecule has 3 nitrogen and oxygen atoms in total. The van der Waals surface area contributed by atoms with Crippen LogP contribution in [-0.4, -0.2) is 23.8 Å². The number of unbranched alkanes of at least 4 members (excludes halogenated alkanes) is 1. The Balaban J connectivity index is 2.54. The fraction of sp³-hybridized carbons (Fsp3) is 0.500. The standard InChI is InChI=1S/C10H15NO2/c1-13-10-8-11-6-5-9(10)4-2-3-7-12/h5-6,8,12H,2-4,7H2,1H3. The summed E-state index contributed by atoms with van der Waals surface area (Å²) in [5.41, 5.74) is 1.16. The van der Waals surface area contributed by atoms with Gasteiger partial charge in [-0.3, -0.25) is 4.98 Å². The van der Waals surface area contributed by atoms with E-state index in [1.165, 1.54) is 0 Å². The summed E-state index contributed by atoms with van der Waals surface area (Å²) in [4.78, 5) is 3.97. The van der Waals surface area contributed by atoms with Gasteiger partial charge in [-0.05, 0) is 30.9 Å². The second kappa shape index (κ2) is 5.54. The zero-order valence-electron chi connectivity index (χ0n) is 7.86. The second-order valence-corrected chi connectivity index (χ2v) is 2.87. The monoisotopic (exact) mass is 181 g/mol. The molecule has 1 aromatic rings. The molecule has 0 saturated heterocycles. The number of rotatable bonds is 5. The normalized spacial score (nSPS) is 10.0. The molecule has 0 atom stereocenters. The predicted molar refractivity (Wildman–Crippen MR) is 50.8 cm³/mol. The average molecular weight is 181 g/mol. The van der Waals surface area contributed by atoms with E-state index in [2.05, 4.69) is 4.98 Å². The van der Waals surface area contributed by atoms with Crippen LogP contribution in [0.15, 0.2) is 18.5 Å². The van der Waals surface area contributed by atoms with Crippen LogP contribution in [0.5, 0.6) is 5.75 Å². The highest BCUT2D eigenvalue weighted by atomic mass is 16.5. The van der Waals surface area contributed by atoms with Gasteiger partial charge in [0.1, 0.15) is 5.75 Å². The van der Waals surface area contributed by atoms with Gasteiger partial charge in [0.05, 0.1) is 13.3 Å². The summed E-state index contributed by atoms with van der Waals surface area (Å²) in [5, 5.41) is 8.63. The van der Waals surface area contributed by atoms with E-state index in [4.69, 9.17) is 9.84 Å². The van der Waals surface area contributed by atoms with Gasteiger partial charge in [-0.25, -0.2) is 0 Å². The van der Waals surface area contributed by atoms with E-state index in [0.717, 1.165) is 30.6 Å². The number of hydrogen-bond donors (Lipinski definition) is 1. The molecule has 0 fully saturated rings. The maximum absolute atomic E-state index is 8.63. The Labute approximate surface area is 78.4 Å². The third-order valence-corrected chi connectivity index (χ3v) is 1.94. The summed E-state index contributed by atoms with van der Waals surface area (Å²) in [5.74, 6) is 0.834. The molecule has 1 heterocycles. The second-order valence-electron chi connectivity index (χ2n) is 2.87. The number of hydrogen-bond acceptors (Lipinski definition) is 3. The first-order valence-electron chi connectivity index (χ1n) is 4.46. The Morgan fingerprint density at radius 1 is 1.46 bits per heavy atom. The van der Waals surface area contributed by atoms with Crippen LogP contribution in [0.25, 0.3) is 0 Å². The highest BCUT2D eigenvalue weighted by Gasteiger charge is 2.00. The molecule has 0 amide bonds. The van der Waals surface area contributed by atoms with E-state index in [9.17, 15) is 0 Å². The van der Waals surface area contributed by atoms with E-state index >= 15 is 0 Å². The summed E-state index contributed by atoms with van der Waals surface area (Å²) in [7, 11) is 1.65. The lowest BCUT2D eigenvalue weighted by Gasteiger charge is -2.06. The Hall–Kier alpha value is -1.09. The van der Waals surface area contributed by atoms with Gasteiger partial charge in [0.15, 0.2) is 0 Å². The van der Waals surface area contributed by atoms with Gasteiger partial charge in [-0.1, -0.05) is 0 Å². The predicted octanol–water partition coefficient (Wildman–Crippen LogP) is 1.41. The van der Waals surface area contributed by atoms with Crippen molar-refractivity contribution in [3.63, 3.8) is 0 Å². The SMILES string of the molecule is COc1cnccc1CCCCO. The number of aliphatic hydroxyl groups is 1. The van der Waals surface area contributed by atoms with Gasteiger partial charge >= 0.3 is 0 Å². The molecule has 0 bridgehead atoms. The van der Waals surface area contributed by atoms with Crippen LogP contribution >= 0.6 is 0 Å². The molecule has 1 N–H and O–H groups in total. The van der Waals surface area contributed by atoms with E-state index in [-0.39, 0.29) is 6.61 Å². The highest BCUT2D eigenvalue weighted by Crippen LogP contribution is 2.17. The zero-order valence-corrected chi connectivity index (χ0v) is 7.86. The van der Waals surface area contributed by atoms with E-state index < -0.39 is 0 Å². The van der Waals surface area contributed by atoms with Gasteiger partial charge in [-0.15, -0.1) is 0 Å². The molecule has 72 valence electrons. The molecule has 0 aliphatic rings. The largest absolute Gasteiger partial charge is 0.495 e. The van der Waals surface area contributed by atoms with Gasteiger partial charge in [0.2, 0.25) is 0 Å². The van der Waals surface area contributed by atoms with Crippen molar-refractivity contribution in [1.29, 1.82) is 0 Å². The topological polar surface area (TPSA) is 42.4 Å². The maximum atomic E-state index is 8.63. The fourth-order valence-electron chi connectivity index (χ4n) is 1.23. The number of aliphatic hydroxyl groups excluding tert-OH is 1. The molecule has 1 aromatic heterocycles. The molecule has 0 saturated carbocycles. The van der Waals surface area contributed by atoms with Crippen molar-refractivity contribution in [2.45, 2.75) is 19.3 Å². The quantitative estimate of drug-likeness (QED) is 0.698. The number of methoxy groups -OCH3 is 1. The summed E-state index contributed by atoms with van der Waals surface area (Å²) in [6, 6.07) is 1.95. The summed E-state index contributed by atoms with van der Waals surface area (Å²) in [6.45, 7) is 0.257. The smallest absolute Gasteiger partial charge is 0.140 e. The van der Waals surface area contributed by atoms with Crippen molar-refractivity contribution in [1.82, 2.24) is 4.98 Å². The number of nitrogens with zero attached hydrogens (tertiary/aromatic N) is 1. The van der Waals surface area contributed by atoms with Crippen molar-refractivity contribution in [3.8, 4) is 5.75 Å². The first-order valence-corrected chi connectivity index (χ1v) is 4.46. The Kier molecular flexibility index (Phi) is 4.26. The first-order chi connectivity index (χ1) is 6.38. The summed E-state index contributed by atoms with van der Waals surface area (Å²) in [6.07, 6.45) is 6.24. The van der Waals surface area contributed by atoms with Crippen LogP contribution in [0.2, 0.25) is 0 Å². The molecule has 0 aliphatic carbocycles. The molecule has 13 heavy (non-hydrogen) atoms. The first kappa shape index (κ1) is 9.99. The minimum absolute atomic E-state index is 0.257. The molecule has 0 aromatic carbocycles. The molecule has 0 radical (unpaired) electrons. The van der Waals surface area contributed by atoms with Crippen molar-refractivity contribution in [2.75, 3.05) is 13.7 Å². The molecule has 0 aliphatic heterocycles. The van der Waals surface area contributed by atoms with Crippen LogP contribution < -0.4 is 4.74 Å². The fourth-order valence-corrected chi connectivity index (χ4v) is 1.23. The van der Waals surface area contributed by atoms with Crippen molar-refractivity contribution < 1.29 is 9.84 Å². The van der Waals surface area contributed by atoms with Gasteiger partial charge in [0.25, 0.3) is 0 Å². The number of pyridine rings is 1. The molecule has 0 spiro atoms. The van der Waals surface area contributed by atoms with Gasteiger partial charge in [-0.2, -0.15) is 0 Å². The number of aryl methyl sites for hydroxylation is 1. The van der Waals surface area contributed by atoms with E-state index in [1.807, 2.05) is 6.07 Å². The Bertz CT molecular complexity index is 250. The molecular formula is C10H15NO2. The Morgan fingerprint density at radius 2 is 2.31 bits per heavy atom. The molecule has 3 heteroatoms. The van der Waals surface area contributed by atoms with Gasteiger partial charge < -0.3 is 9.84 Å². The van der Waals surface area contributed by atoms with Crippen LogP contribution in [0, 0.1) is 0 Å². The summed E-state index contributed by atoms with van der Waals surface area (Å²) < 4.78 is 5.15. The Morgan fingerprint density at radius 3 is 3.00 bits per heavy atom. The maximum Gasteiger partial charge on any atom is 0.140 e. The van der Waals surface area contributed by atoms with Gasteiger partial charge in [0, 0.05) is 12.8 Å². The minimum Gasteiger partial charge on any atom is -0.495 e. The molecule has 1 rings (SSSR count). The molecule has 0 unspecified atom stereocenters. The minimum atomic E-state index is 0.257. The lowest BCUT2D eigenvalue weighted by molar-refractivity contribution is 0.284. The lowest BCUT2D eigenvalue weighted by atomic mass is 10.1. The van der Waals surface area contributed by atoms with E-state index in [0.29, 0.717) is 0 Å². The van der Waals surface area contributed by atoms with E-state index in [1.54, 1.807) is 19.5 Å². The van der Waals surface area contributed by atoms with Crippen LogP contribution in [0.4, 0.5) is 0 Å².